The normalized spacial score (nSPS) is 10.2. The van der Waals surface area contributed by atoms with Crippen molar-refractivity contribution in [2.24, 2.45) is 0 Å². The Hall–Kier alpha value is -2.47. The van der Waals surface area contributed by atoms with Crippen LogP contribution in [0.2, 0.25) is 0 Å². The van der Waals surface area contributed by atoms with Gasteiger partial charge in [0.25, 0.3) is 11.5 Å². The van der Waals surface area contributed by atoms with Crippen molar-refractivity contribution in [1.29, 1.82) is 0 Å². The summed E-state index contributed by atoms with van der Waals surface area (Å²) in [5, 5.41) is 5.09. The zero-order chi connectivity index (χ0) is 13.8. The van der Waals surface area contributed by atoms with Crippen molar-refractivity contribution in [1.82, 2.24) is 14.8 Å². The van der Waals surface area contributed by atoms with E-state index in [1.807, 2.05) is 6.07 Å². The Morgan fingerprint density at radius 1 is 1.21 bits per heavy atom. The van der Waals surface area contributed by atoms with Crippen LogP contribution in [0.15, 0.2) is 47.3 Å². The monoisotopic (exact) mass is 259 g/mol. The molecule has 19 heavy (non-hydrogen) atoms. The molecule has 6 nitrogen and oxygen atoms in total. The molecule has 1 aromatic heterocycles. The Labute approximate surface area is 109 Å². The number of nitrogens with zero attached hydrogens (tertiary/aromatic N) is 3. The van der Waals surface area contributed by atoms with Gasteiger partial charge in [0, 0.05) is 13.1 Å². The number of benzene rings is 1. The Kier molecular flexibility index (Phi) is 3.72. The quantitative estimate of drug-likeness (QED) is 0.767. The maximum absolute atomic E-state index is 11.9. The molecule has 0 unspecified atom stereocenters. The van der Waals surface area contributed by atoms with Crippen molar-refractivity contribution in [3.05, 3.63) is 58.5 Å². The summed E-state index contributed by atoms with van der Waals surface area (Å²) in [5.74, 6) is -0.424. The van der Waals surface area contributed by atoms with Gasteiger partial charge in [0.15, 0.2) is 5.69 Å². The summed E-state index contributed by atoms with van der Waals surface area (Å²) in [7, 11) is 2.85. The Bertz CT molecular complexity index is 637. The number of hydrogen-bond donors (Lipinski definition) is 0. The van der Waals surface area contributed by atoms with E-state index in [9.17, 15) is 9.59 Å². The molecule has 0 N–H and O–H groups in total. The van der Waals surface area contributed by atoms with Crippen molar-refractivity contribution in [3.63, 3.8) is 0 Å². The molecule has 0 saturated carbocycles. The van der Waals surface area contributed by atoms with E-state index in [-0.39, 0.29) is 11.3 Å². The van der Waals surface area contributed by atoms with Crippen molar-refractivity contribution >= 4 is 5.91 Å². The lowest BCUT2D eigenvalue weighted by Gasteiger charge is -2.13. The fourth-order valence-corrected chi connectivity index (χ4v) is 1.52. The van der Waals surface area contributed by atoms with Crippen LogP contribution < -0.4 is 5.56 Å². The fourth-order valence-electron chi connectivity index (χ4n) is 1.52. The molecular weight excluding hydrogens is 246 g/mol. The summed E-state index contributed by atoms with van der Waals surface area (Å²) in [6.07, 6.45) is 0. The number of hydroxylamine groups is 2. The van der Waals surface area contributed by atoms with E-state index in [0.717, 1.165) is 5.06 Å². The van der Waals surface area contributed by atoms with Crippen molar-refractivity contribution in [2.45, 2.75) is 0 Å². The molecular formula is C13H13N3O3. The molecule has 1 amide bonds. The van der Waals surface area contributed by atoms with E-state index in [4.69, 9.17) is 4.84 Å². The molecule has 1 heterocycles. The predicted molar refractivity (Wildman–Crippen MR) is 68.9 cm³/mol. The van der Waals surface area contributed by atoms with Gasteiger partial charge in [-0.15, -0.1) is 0 Å². The van der Waals surface area contributed by atoms with Crippen LogP contribution in [0.1, 0.15) is 10.5 Å². The van der Waals surface area contributed by atoms with Gasteiger partial charge in [-0.05, 0) is 18.2 Å². The van der Waals surface area contributed by atoms with Crippen LogP contribution in [-0.4, -0.2) is 34.9 Å². The predicted octanol–water partition coefficient (Wildman–Crippen LogP) is 0.866. The second-order valence-corrected chi connectivity index (χ2v) is 3.79. The minimum atomic E-state index is -0.424. The number of aromatic nitrogens is 2. The molecule has 0 aliphatic heterocycles. The summed E-state index contributed by atoms with van der Waals surface area (Å²) < 4.78 is 1.18. The Balaban J connectivity index is 2.47. The second-order valence-electron chi connectivity index (χ2n) is 3.79. The van der Waals surface area contributed by atoms with Gasteiger partial charge in [-0.25, -0.2) is 5.06 Å². The van der Waals surface area contributed by atoms with E-state index < -0.39 is 5.91 Å². The summed E-state index contributed by atoms with van der Waals surface area (Å²) in [5.41, 5.74) is 0.429. The smallest absolute Gasteiger partial charge is 0.274 e. The zero-order valence-corrected chi connectivity index (χ0v) is 10.6. The van der Waals surface area contributed by atoms with Crippen molar-refractivity contribution < 1.29 is 9.63 Å². The number of amides is 1. The summed E-state index contributed by atoms with van der Waals surface area (Å²) in [6.45, 7) is 0. The molecule has 98 valence electrons. The van der Waals surface area contributed by atoms with Crippen LogP contribution in [0.3, 0.4) is 0 Å². The summed E-state index contributed by atoms with van der Waals surface area (Å²) in [4.78, 5) is 28.5. The molecule has 0 bridgehead atoms. The van der Waals surface area contributed by atoms with Crippen molar-refractivity contribution in [3.8, 4) is 5.69 Å². The van der Waals surface area contributed by atoms with Gasteiger partial charge >= 0.3 is 0 Å². The molecule has 0 aliphatic rings. The maximum Gasteiger partial charge on any atom is 0.297 e. The average molecular weight is 259 g/mol. The van der Waals surface area contributed by atoms with Crippen LogP contribution >= 0.6 is 0 Å². The lowest BCUT2D eigenvalue weighted by Crippen LogP contribution is -2.30. The molecule has 1 aromatic carbocycles. The highest BCUT2D eigenvalue weighted by Crippen LogP contribution is 2.04. The molecule has 0 radical (unpaired) electrons. The van der Waals surface area contributed by atoms with Gasteiger partial charge in [-0.1, -0.05) is 18.2 Å². The average Bonchev–Trinajstić information content (AvgIpc) is 2.47. The highest BCUT2D eigenvalue weighted by atomic mass is 16.7. The van der Waals surface area contributed by atoms with E-state index >= 15 is 0 Å². The molecule has 0 saturated heterocycles. The maximum atomic E-state index is 11.9. The van der Waals surface area contributed by atoms with Gasteiger partial charge in [-0.2, -0.15) is 9.78 Å². The number of hydrogen-bond acceptors (Lipinski definition) is 4. The van der Waals surface area contributed by atoms with Gasteiger partial charge in [0.2, 0.25) is 0 Å². The minimum absolute atomic E-state index is 0.132. The van der Waals surface area contributed by atoms with E-state index in [1.165, 1.54) is 31.0 Å². The van der Waals surface area contributed by atoms with Crippen LogP contribution in [0, 0.1) is 0 Å². The third kappa shape index (κ3) is 2.69. The van der Waals surface area contributed by atoms with Crippen LogP contribution in [0.5, 0.6) is 0 Å². The highest BCUT2D eigenvalue weighted by molar-refractivity contribution is 5.91. The van der Waals surface area contributed by atoms with Gasteiger partial charge < -0.3 is 0 Å². The van der Waals surface area contributed by atoms with Gasteiger partial charge in [0.05, 0.1) is 12.8 Å². The number of rotatable bonds is 3. The van der Waals surface area contributed by atoms with Crippen molar-refractivity contribution in [2.75, 3.05) is 14.2 Å². The van der Waals surface area contributed by atoms with Gasteiger partial charge in [0.1, 0.15) is 0 Å². The van der Waals surface area contributed by atoms with E-state index in [0.29, 0.717) is 5.69 Å². The molecule has 0 aliphatic carbocycles. The highest BCUT2D eigenvalue weighted by Gasteiger charge is 2.14. The number of carbonyl (C=O) groups excluding carboxylic acids is 1. The first-order chi connectivity index (χ1) is 9.13. The largest absolute Gasteiger partial charge is 0.297 e. The third-order valence-corrected chi connectivity index (χ3v) is 2.58. The number of para-hydroxylation sites is 1. The first-order valence-corrected chi connectivity index (χ1v) is 5.61. The minimum Gasteiger partial charge on any atom is -0.274 e. The van der Waals surface area contributed by atoms with Crippen LogP contribution in [0.4, 0.5) is 0 Å². The summed E-state index contributed by atoms with van der Waals surface area (Å²) in [6, 6.07) is 11.6. The fraction of sp³-hybridized carbons (Fsp3) is 0.154. The molecule has 2 rings (SSSR count). The molecule has 0 fully saturated rings. The topological polar surface area (TPSA) is 64.4 Å². The van der Waals surface area contributed by atoms with Crippen LogP contribution in [-0.2, 0) is 4.84 Å². The number of carbonyl (C=O) groups is 1. The Morgan fingerprint density at radius 3 is 2.53 bits per heavy atom. The second kappa shape index (κ2) is 5.45. The molecule has 0 spiro atoms. The van der Waals surface area contributed by atoms with E-state index in [1.54, 1.807) is 24.3 Å². The molecule has 2 aromatic rings. The van der Waals surface area contributed by atoms with E-state index in [2.05, 4.69) is 5.10 Å². The lowest BCUT2D eigenvalue weighted by atomic mass is 10.3. The molecule has 6 heteroatoms. The zero-order valence-electron chi connectivity index (χ0n) is 10.6. The Morgan fingerprint density at radius 2 is 1.89 bits per heavy atom. The summed E-state index contributed by atoms with van der Waals surface area (Å²) >= 11 is 0. The van der Waals surface area contributed by atoms with Gasteiger partial charge in [-0.3, -0.25) is 14.4 Å². The standard InChI is InChI=1S/C13H13N3O3/c1-15(19-2)13(18)11-8-9-12(17)16(14-11)10-6-4-3-5-7-10/h3-9H,1-2H3. The SMILES string of the molecule is CON(C)C(=O)c1ccc(=O)n(-c2ccccc2)n1. The first-order valence-electron chi connectivity index (χ1n) is 5.61. The molecule has 0 atom stereocenters. The van der Waals surface area contributed by atoms with Crippen LogP contribution in [0.25, 0.3) is 5.69 Å². The first kappa shape index (κ1) is 13.0. The lowest BCUT2D eigenvalue weighted by molar-refractivity contribution is -0.0761. The third-order valence-electron chi connectivity index (χ3n) is 2.58.